The summed E-state index contributed by atoms with van der Waals surface area (Å²) in [5, 5.41) is 0.699. The van der Waals surface area contributed by atoms with Crippen molar-refractivity contribution in [1.29, 1.82) is 0 Å². The van der Waals surface area contributed by atoms with Gasteiger partial charge < -0.3 is 9.64 Å². The van der Waals surface area contributed by atoms with Crippen LogP contribution in [-0.2, 0) is 11.3 Å². The van der Waals surface area contributed by atoms with Crippen molar-refractivity contribution in [2.45, 2.75) is 13.0 Å². The van der Waals surface area contributed by atoms with Crippen LogP contribution in [0.4, 0.5) is 0 Å². The average Bonchev–Trinajstić information content (AvgIpc) is 2.38. The van der Waals surface area contributed by atoms with Gasteiger partial charge in [-0.3, -0.25) is 4.79 Å². The maximum absolute atomic E-state index is 11.6. The highest BCUT2D eigenvalue weighted by Crippen LogP contribution is 2.13. The molecule has 0 aliphatic heterocycles. The second kappa shape index (κ2) is 7.93. The first-order valence-corrected chi connectivity index (χ1v) is 6.92. The van der Waals surface area contributed by atoms with Gasteiger partial charge in [-0.2, -0.15) is 0 Å². The number of nitrogens with zero attached hydrogens (tertiary/aromatic N) is 1. The molecule has 3 nitrogen and oxygen atoms in total. The number of hydrogen-bond donors (Lipinski definition) is 0. The second-order valence-corrected chi connectivity index (χ2v) is 4.73. The minimum absolute atomic E-state index is 0.138. The Morgan fingerprint density at radius 3 is 2.67 bits per heavy atom. The molecule has 18 heavy (non-hydrogen) atoms. The molecule has 0 bridgehead atoms. The van der Waals surface area contributed by atoms with Crippen molar-refractivity contribution >= 4 is 21.8 Å². The van der Waals surface area contributed by atoms with E-state index in [1.54, 1.807) is 11.0 Å². The molecule has 0 radical (unpaired) electrons. The monoisotopic (exact) mass is 311 g/mol. The van der Waals surface area contributed by atoms with Crippen molar-refractivity contribution in [3.63, 3.8) is 0 Å². The Hall–Kier alpha value is -1.29. The van der Waals surface area contributed by atoms with E-state index in [1.165, 1.54) is 0 Å². The summed E-state index contributed by atoms with van der Waals surface area (Å²) >= 11 is 3.27. The zero-order valence-corrected chi connectivity index (χ0v) is 12.1. The van der Waals surface area contributed by atoms with Crippen LogP contribution in [0, 0.1) is 0 Å². The maximum atomic E-state index is 11.6. The fourth-order valence-electron chi connectivity index (χ4n) is 1.48. The first-order valence-electron chi connectivity index (χ1n) is 5.80. The molecule has 1 aromatic carbocycles. The van der Waals surface area contributed by atoms with E-state index in [-0.39, 0.29) is 5.91 Å². The molecule has 0 heterocycles. The highest BCUT2D eigenvalue weighted by molar-refractivity contribution is 9.09. The number of carbonyl (C=O) groups is 1. The minimum atomic E-state index is 0.138. The molecule has 0 spiro atoms. The van der Waals surface area contributed by atoms with Crippen LogP contribution in [0.3, 0.4) is 0 Å². The van der Waals surface area contributed by atoms with Gasteiger partial charge >= 0.3 is 0 Å². The minimum Gasteiger partial charge on any atom is -0.490 e. The van der Waals surface area contributed by atoms with Crippen LogP contribution in [0.5, 0.6) is 5.75 Å². The Balaban J connectivity index is 2.52. The van der Waals surface area contributed by atoms with Crippen molar-refractivity contribution in [3.05, 3.63) is 42.5 Å². The van der Waals surface area contributed by atoms with Crippen LogP contribution in [0.2, 0.25) is 0 Å². The van der Waals surface area contributed by atoms with Crippen LogP contribution >= 0.6 is 15.9 Å². The first kappa shape index (κ1) is 14.8. The van der Waals surface area contributed by atoms with Crippen molar-refractivity contribution in [1.82, 2.24) is 4.90 Å². The van der Waals surface area contributed by atoms with Crippen LogP contribution in [0.25, 0.3) is 0 Å². The molecular weight excluding hydrogens is 294 g/mol. The lowest BCUT2D eigenvalue weighted by atomic mass is 10.2. The Kier molecular flexibility index (Phi) is 6.50. The molecule has 0 aliphatic carbocycles. The third-order valence-corrected chi connectivity index (χ3v) is 2.84. The number of carbonyl (C=O) groups excluding carboxylic acids is 1. The van der Waals surface area contributed by atoms with Gasteiger partial charge in [-0.05, 0) is 17.7 Å². The van der Waals surface area contributed by atoms with Crippen molar-refractivity contribution in [2.24, 2.45) is 0 Å². The molecule has 0 saturated carbocycles. The van der Waals surface area contributed by atoms with Crippen LogP contribution in [0.1, 0.15) is 12.0 Å². The molecule has 4 heteroatoms. The van der Waals surface area contributed by atoms with E-state index in [1.807, 2.05) is 31.3 Å². The van der Waals surface area contributed by atoms with Gasteiger partial charge in [0, 0.05) is 25.3 Å². The Labute approximate surface area is 117 Å². The van der Waals surface area contributed by atoms with Crippen LogP contribution in [-0.4, -0.2) is 29.8 Å². The highest BCUT2D eigenvalue weighted by Gasteiger charge is 2.08. The van der Waals surface area contributed by atoms with Gasteiger partial charge in [0.15, 0.2) is 0 Å². The summed E-state index contributed by atoms with van der Waals surface area (Å²) in [5.74, 6) is 0.951. The van der Waals surface area contributed by atoms with E-state index >= 15 is 0 Å². The zero-order chi connectivity index (χ0) is 13.4. The van der Waals surface area contributed by atoms with Gasteiger partial charge in [0.25, 0.3) is 0 Å². The second-order valence-electron chi connectivity index (χ2n) is 3.93. The lowest BCUT2D eigenvalue weighted by Gasteiger charge is -2.16. The van der Waals surface area contributed by atoms with E-state index in [0.29, 0.717) is 24.9 Å². The molecule has 1 rings (SSSR count). The average molecular weight is 312 g/mol. The number of halogens is 1. The highest BCUT2D eigenvalue weighted by atomic mass is 79.9. The quantitative estimate of drug-likeness (QED) is 0.572. The fourth-order valence-corrected chi connectivity index (χ4v) is 1.82. The molecule has 98 valence electrons. The number of benzene rings is 1. The van der Waals surface area contributed by atoms with Gasteiger partial charge in [0.2, 0.25) is 5.91 Å². The fraction of sp³-hybridized carbons (Fsp3) is 0.357. The molecule has 1 aromatic rings. The zero-order valence-electron chi connectivity index (χ0n) is 10.6. The number of ether oxygens (including phenoxy) is 1. The third kappa shape index (κ3) is 4.92. The number of hydrogen-bond acceptors (Lipinski definition) is 2. The van der Waals surface area contributed by atoms with Gasteiger partial charge in [0.05, 0.1) is 0 Å². The number of rotatable bonds is 7. The predicted octanol–water partition coefficient (Wildman–Crippen LogP) is 2.99. The summed E-state index contributed by atoms with van der Waals surface area (Å²) in [6.45, 7) is 4.72. The van der Waals surface area contributed by atoms with Crippen molar-refractivity contribution in [3.8, 4) is 5.75 Å². The number of amides is 1. The van der Waals surface area contributed by atoms with E-state index in [9.17, 15) is 4.79 Å². The van der Waals surface area contributed by atoms with Gasteiger partial charge in [-0.25, -0.2) is 0 Å². The molecule has 0 fully saturated rings. The summed E-state index contributed by atoms with van der Waals surface area (Å²) in [7, 11) is 1.81. The van der Waals surface area contributed by atoms with Gasteiger partial charge in [-0.15, -0.1) is 0 Å². The summed E-state index contributed by atoms with van der Waals surface area (Å²) in [4.78, 5) is 13.3. The lowest BCUT2D eigenvalue weighted by Crippen LogP contribution is -2.26. The van der Waals surface area contributed by atoms with E-state index in [0.717, 1.165) is 11.3 Å². The lowest BCUT2D eigenvalue weighted by molar-refractivity contribution is -0.129. The van der Waals surface area contributed by atoms with E-state index < -0.39 is 0 Å². The Morgan fingerprint density at radius 2 is 2.11 bits per heavy atom. The largest absolute Gasteiger partial charge is 0.490 e. The summed E-state index contributed by atoms with van der Waals surface area (Å²) in [5.41, 5.74) is 1.09. The number of alkyl halides is 1. The molecule has 0 aromatic heterocycles. The molecule has 0 atom stereocenters. The Bertz CT molecular complexity index is 389. The van der Waals surface area contributed by atoms with Crippen LogP contribution < -0.4 is 4.74 Å². The predicted molar refractivity (Wildman–Crippen MR) is 77.0 cm³/mol. The van der Waals surface area contributed by atoms with E-state index in [4.69, 9.17) is 4.74 Å². The summed E-state index contributed by atoms with van der Waals surface area (Å²) < 4.78 is 5.40. The molecule has 0 saturated heterocycles. The molecule has 0 N–H and O–H groups in total. The van der Waals surface area contributed by atoms with Gasteiger partial charge in [0.1, 0.15) is 12.4 Å². The standard InChI is InChI=1S/C14H18BrNO2/c1-3-10-18-13-6-4-12(5-7-13)11-16(2)14(17)8-9-15/h3-7H,1,8-11H2,2H3. The van der Waals surface area contributed by atoms with E-state index in [2.05, 4.69) is 22.5 Å². The topological polar surface area (TPSA) is 29.5 Å². The van der Waals surface area contributed by atoms with Crippen LogP contribution in [0.15, 0.2) is 36.9 Å². The SMILES string of the molecule is C=CCOc1ccc(CN(C)C(=O)CCBr)cc1. The van der Waals surface area contributed by atoms with Crippen molar-refractivity contribution in [2.75, 3.05) is 19.0 Å². The molecule has 1 amide bonds. The molecular formula is C14H18BrNO2. The molecule has 0 unspecified atom stereocenters. The molecule has 0 aliphatic rings. The Morgan fingerprint density at radius 1 is 1.44 bits per heavy atom. The summed E-state index contributed by atoms with van der Waals surface area (Å²) in [6, 6.07) is 7.75. The maximum Gasteiger partial charge on any atom is 0.223 e. The normalized spacial score (nSPS) is 9.89. The third-order valence-electron chi connectivity index (χ3n) is 2.45. The van der Waals surface area contributed by atoms with Crippen molar-refractivity contribution < 1.29 is 9.53 Å². The first-order chi connectivity index (χ1) is 8.67. The van der Waals surface area contributed by atoms with Gasteiger partial charge in [-0.1, -0.05) is 40.7 Å². The smallest absolute Gasteiger partial charge is 0.223 e. The summed E-state index contributed by atoms with van der Waals surface area (Å²) in [6.07, 6.45) is 2.23.